The first-order chi connectivity index (χ1) is 34.0. The second-order valence-electron chi connectivity index (χ2n) is 19.9. The van der Waals surface area contributed by atoms with Gasteiger partial charge in [-0.1, -0.05) is 172 Å². The van der Waals surface area contributed by atoms with Crippen molar-refractivity contribution in [2.24, 2.45) is 0 Å². The molecule has 3 aliphatic rings. The first-order valence-electron chi connectivity index (χ1n) is 24.7. The Balaban J connectivity index is 1.11. The van der Waals surface area contributed by atoms with Crippen LogP contribution >= 0.6 is 0 Å². The van der Waals surface area contributed by atoms with E-state index in [1.807, 2.05) is 0 Å². The van der Waals surface area contributed by atoms with Crippen LogP contribution in [0, 0.1) is 0 Å². The third-order valence-corrected chi connectivity index (χ3v) is 15.8. The largest absolute Gasteiger partial charge is 0.310 e. The molecule has 0 radical (unpaired) electrons. The molecule has 0 unspecified atom stereocenters. The highest BCUT2D eigenvalue weighted by Crippen LogP contribution is 2.54. The lowest BCUT2D eigenvalue weighted by Crippen LogP contribution is -2.15. The molecule has 2 heterocycles. The number of hydrogen-bond donors (Lipinski definition) is 0. The summed E-state index contributed by atoms with van der Waals surface area (Å²) in [6.45, 7) is 4.79. The van der Waals surface area contributed by atoms with Gasteiger partial charge in [-0.2, -0.15) is 0 Å². The van der Waals surface area contributed by atoms with Gasteiger partial charge in [0.2, 0.25) is 0 Å². The van der Waals surface area contributed by atoms with E-state index in [1.54, 1.807) is 0 Å². The molecule has 0 spiro atoms. The highest BCUT2D eigenvalue weighted by Gasteiger charge is 2.36. The van der Waals surface area contributed by atoms with E-state index in [0.29, 0.717) is 0 Å². The van der Waals surface area contributed by atoms with Crippen LogP contribution in [-0.4, -0.2) is 0 Å². The average Bonchev–Trinajstić information content (AvgIpc) is 3.51. The molecule has 0 saturated carbocycles. The van der Waals surface area contributed by atoms with E-state index in [2.05, 4.69) is 242 Å². The van der Waals surface area contributed by atoms with E-state index in [-0.39, 0.29) is 5.41 Å². The molecule has 11 aromatic carbocycles. The van der Waals surface area contributed by atoms with Crippen molar-refractivity contribution in [3.63, 3.8) is 0 Å². The molecule has 328 valence electrons. The van der Waals surface area contributed by atoms with Gasteiger partial charge < -0.3 is 9.80 Å². The second-order valence-corrected chi connectivity index (χ2v) is 19.9. The Morgan fingerprint density at radius 3 is 1.29 bits per heavy atom. The molecule has 2 nitrogen and oxygen atoms in total. The molecule has 2 heteroatoms. The fraction of sp³-hybridized carbons (Fsp3) is 0.104. The van der Waals surface area contributed by atoms with E-state index < -0.39 is 0 Å². The molecule has 2 aliphatic heterocycles. The van der Waals surface area contributed by atoms with Gasteiger partial charge in [0.05, 0.1) is 0 Å². The number of para-hydroxylation sites is 4. The van der Waals surface area contributed by atoms with Gasteiger partial charge in [0.15, 0.2) is 0 Å². The topological polar surface area (TPSA) is 6.48 Å². The summed E-state index contributed by atoms with van der Waals surface area (Å²) >= 11 is 0. The molecule has 0 aromatic heterocycles. The summed E-state index contributed by atoms with van der Waals surface area (Å²) in [6, 6.07) is 82.9. The summed E-state index contributed by atoms with van der Waals surface area (Å²) < 4.78 is 0. The zero-order valence-electron chi connectivity index (χ0n) is 39.0. The Labute approximate surface area is 404 Å². The standard InChI is InChI=1S/C67H50N2/c1-67(2)59-22-10-9-21-53(59)54-36-33-50(40-60(54)67)65-55-37-34-51(68-61-23-11-5-16-44(61)28-29-45-17-6-12-24-62(45)68)41-57(55)66(49-32-27-43-15-3-4-20-48(43)39-49)58-42-52(35-38-56(58)65)69-63-25-13-7-18-46(63)30-31-47-19-8-14-26-64(47)69/h3-27,32-42H,28-31H2,1-2H3. The highest BCUT2D eigenvalue weighted by molar-refractivity contribution is 6.23. The molecular formula is C67H50N2. The Bertz CT molecular complexity index is 3660. The minimum absolute atomic E-state index is 0.139. The van der Waals surface area contributed by atoms with Crippen LogP contribution in [0.2, 0.25) is 0 Å². The molecular weight excluding hydrogens is 833 g/mol. The zero-order chi connectivity index (χ0) is 45.8. The van der Waals surface area contributed by atoms with Crippen LogP contribution in [0.15, 0.2) is 218 Å². The van der Waals surface area contributed by atoms with Crippen LogP contribution in [0.5, 0.6) is 0 Å². The average molecular weight is 883 g/mol. The predicted octanol–water partition coefficient (Wildman–Crippen LogP) is 17.9. The van der Waals surface area contributed by atoms with Crippen molar-refractivity contribution in [3.05, 3.63) is 252 Å². The van der Waals surface area contributed by atoms with E-state index in [1.165, 1.54) is 122 Å². The number of benzene rings is 11. The lowest BCUT2D eigenvalue weighted by atomic mass is 9.80. The van der Waals surface area contributed by atoms with Crippen LogP contribution in [0.4, 0.5) is 34.1 Å². The van der Waals surface area contributed by atoms with E-state index in [0.717, 1.165) is 37.1 Å². The molecule has 1 aliphatic carbocycles. The zero-order valence-corrected chi connectivity index (χ0v) is 39.0. The Hall–Kier alpha value is -8.20. The quantitative estimate of drug-likeness (QED) is 0.163. The molecule has 0 saturated heterocycles. The summed E-state index contributed by atoms with van der Waals surface area (Å²) in [7, 11) is 0. The van der Waals surface area contributed by atoms with Crippen molar-refractivity contribution in [1.29, 1.82) is 0 Å². The van der Waals surface area contributed by atoms with Gasteiger partial charge in [-0.3, -0.25) is 0 Å². The van der Waals surface area contributed by atoms with Crippen molar-refractivity contribution < 1.29 is 0 Å². The number of nitrogens with zero attached hydrogens (tertiary/aromatic N) is 2. The molecule has 0 N–H and O–H groups in total. The van der Waals surface area contributed by atoms with Crippen LogP contribution in [0.25, 0.3) is 65.7 Å². The maximum absolute atomic E-state index is 2.53. The molecule has 0 amide bonds. The van der Waals surface area contributed by atoms with Crippen LogP contribution < -0.4 is 9.80 Å². The van der Waals surface area contributed by atoms with Gasteiger partial charge in [0, 0.05) is 39.5 Å². The Morgan fingerprint density at radius 1 is 0.319 bits per heavy atom. The first kappa shape index (κ1) is 39.9. The van der Waals surface area contributed by atoms with Crippen LogP contribution in [-0.2, 0) is 31.1 Å². The van der Waals surface area contributed by atoms with Gasteiger partial charge in [0.1, 0.15) is 0 Å². The number of aryl methyl sites for hydroxylation is 4. The smallest absolute Gasteiger partial charge is 0.0493 e. The fourth-order valence-electron chi connectivity index (χ4n) is 12.4. The monoisotopic (exact) mass is 882 g/mol. The van der Waals surface area contributed by atoms with Gasteiger partial charge in [-0.05, 0) is 185 Å². The Morgan fingerprint density at radius 2 is 0.739 bits per heavy atom. The van der Waals surface area contributed by atoms with Gasteiger partial charge in [-0.15, -0.1) is 0 Å². The number of anilines is 6. The van der Waals surface area contributed by atoms with Gasteiger partial charge in [0.25, 0.3) is 0 Å². The third-order valence-electron chi connectivity index (χ3n) is 15.8. The van der Waals surface area contributed by atoms with E-state index >= 15 is 0 Å². The number of hydrogen-bond acceptors (Lipinski definition) is 2. The second kappa shape index (κ2) is 15.4. The maximum atomic E-state index is 2.53. The molecule has 0 fully saturated rings. The summed E-state index contributed by atoms with van der Waals surface area (Å²) in [5.74, 6) is 0. The van der Waals surface area contributed by atoms with Crippen molar-refractivity contribution in [3.8, 4) is 33.4 Å². The predicted molar refractivity (Wildman–Crippen MR) is 292 cm³/mol. The molecule has 11 aromatic rings. The third kappa shape index (κ3) is 6.18. The number of rotatable bonds is 4. The summed E-state index contributed by atoms with van der Waals surface area (Å²) in [5.41, 5.74) is 23.1. The summed E-state index contributed by atoms with van der Waals surface area (Å²) in [4.78, 5) is 5.06. The highest BCUT2D eigenvalue weighted by atomic mass is 15.2. The van der Waals surface area contributed by atoms with Gasteiger partial charge in [-0.25, -0.2) is 0 Å². The molecule has 14 rings (SSSR count). The maximum Gasteiger partial charge on any atom is 0.0493 e. The van der Waals surface area contributed by atoms with Crippen molar-refractivity contribution in [1.82, 2.24) is 0 Å². The first-order valence-corrected chi connectivity index (χ1v) is 24.7. The van der Waals surface area contributed by atoms with Crippen LogP contribution in [0.1, 0.15) is 47.2 Å². The fourth-order valence-corrected chi connectivity index (χ4v) is 12.4. The van der Waals surface area contributed by atoms with Crippen molar-refractivity contribution >= 4 is 66.4 Å². The molecule has 0 atom stereocenters. The summed E-state index contributed by atoms with van der Waals surface area (Å²) in [5, 5.41) is 7.45. The molecule has 69 heavy (non-hydrogen) atoms. The van der Waals surface area contributed by atoms with Crippen molar-refractivity contribution in [2.75, 3.05) is 9.80 Å². The summed E-state index contributed by atoms with van der Waals surface area (Å²) in [6.07, 6.45) is 3.99. The lowest BCUT2D eigenvalue weighted by molar-refractivity contribution is 0.660. The normalized spacial score (nSPS) is 14.3. The van der Waals surface area contributed by atoms with E-state index in [4.69, 9.17) is 0 Å². The SMILES string of the molecule is CC1(C)c2ccccc2-c2ccc(-c3c4ccc(N5c6ccccc6CCc6ccccc65)cc4c(-c4ccc5ccccc5c4)c4cc(N5c6ccccc6CCc6ccccc65)ccc34)cc21. The lowest BCUT2D eigenvalue weighted by Gasteiger charge is -2.29. The minimum atomic E-state index is -0.139. The number of fused-ring (bicyclic) bond motifs is 10. The van der Waals surface area contributed by atoms with E-state index in [9.17, 15) is 0 Å². The Kier molecular flexibility index (Phi) is 8.92. The van der Waals surface area contributed by atoms with Gasteiger partial charge >= 0.3 is 0 Å². The van der Waals surface area contributed by atoms with Crippen LogP contribution in [0.3, 0.4) is 0 Å². The molecule has 0 bridgehead atoms. The minimum Gasteiger partial charge on any atom is -0.310 e. The van der Waals surface area contributed by atoms with Crippen molar-refractivity contribution in [2.45, 2.75) is 44.9 Å².